The number of carbonyl (C=O) groups is 2. The number of nitrogens with zero attached hydrogens (tertiary/aromatic N) is 2. The second-order valence-electron chi connectivity index (χ2n) is 5.88. The number of hydrogen-bond donors (Lipinski definition) is 1. The van der Waals surface area contributed by atoms with Crippen LogP contribution in [0.15, 0.2) is 56.8 Å². The largest absolute Gasteiger partial charge is 0.465 e. The topological polar surface area (TPSA) is 121 Å². The van der Waals surface area contributed by atoms with E-state index >= 15 is 0 Å². The Morgan fingerprint density at radius 2 is 2.00 bits per heavy atom. The Kier molecular flexibility index (Phi) is 6.32. The summed E-state index contributed by atoms with van der Waals surface area (Å²) in [5, 5.41) is 5.20. The van der Waals surface area contributed by atoms with E-state index in [0.717, 1.165) is 15.8 Å². The Hall–Kier alpha value is -2.34. The van der Waals surface area contributed by atoms with Crippen LogP contribution in [0.2, 0.25) is 0 Å². The number of sulfonamides is 1. The van der Waals surface area contributed by atoms with E-state index in [1.54, 1.807) is 31.2 Å². The number of rotatable bonds is 5. The third kappa shape index (κ3) is 4.99. The maximum atomic E-state index is 12.6. The highest BCUT2D eigenvalue weighted by Crippen LogP contribution is 2.22. The van der Waals surface area contributed by atoms with Crippen LogP contribution in [0.4, 0.5) is 0 Å². The summed E-state index contributed by atoms with van der Waals surface area (Å²) in [6.45, 7) is 1.72. The fourth-order valence-electron chi connectivity index (χ4n) is 2.58. The van der Waals surface area contributed by atoms with Crippen molar-refractivity contribution in [1.29, 1.82) is 0 Å². The monoisotopic (exact) mass is 497 g/mol. The molecule has 29 heavy (non-hydrogen) atoms. The minimum atomic E-state index is -3.90. The van der Waals surface area contributed by atoms with Crippen molar-refractivity contribution in [1.82, 2.24) is 4.57 Å². The average Bonchev–Trinajstić information content (AvgIpc) is 2.97. The molecule has 0 bridgehead atoms. The van der Waals surface area contributed by atoms with Crippen LogP contribution in [0, 0.1) is 0 Å². The molecule has 8 nitrogen and oxygen atoms in total. The molecule has 2 aromatic carbocycles. The van der Waals surface area contributed by atoms with Crippen LogP contribution in [0.25, 0.3) is 10.2 Å². The van der Waals surface area contributed by atoms with E-state index in [2.05, 4.69) is 20.9 Å². The lowest BCUT2D eigenvalue weighted by molar-refractivity contribution is -0.143. The van der Waals surface area contributed by atoms with Crippen molar-refractivity contribution in [2.24, 2.45) is 10.1 Å². The van der Waals surface area contributed by atoms with Gasteiger partial charge in [0, 0.05) is 10.0 Å². The molecule has 0 unspecified atom stereocenters. The first-order valence-electron chi connectivity index (χ1n) is 8.35. The number of carbonyl (C=O) groups excluding carboxylic acids is 2. The number of amides is 1. The van der Waals surface area contributed by atoms with Gasteiger partial charge < -0.3 is 9.30 Å². The van der Waals surface area contributed by atoms with Gasteiger partial charge in [0.2, 0.25) is 10.0 Å². The highest BCUT2D eigenvalue weighted by molar-refractivity contribution is 9.10. The van der Waals surface area contributed by atoms with Gasteiger partial charge in [0.1, 0.15) is 6.54 Å². The van der Waals surface area contributed by atoms with Gasteiger partial charge in [0.15, 0.2) is 4.80 Å². The van der Waals surface area contributed by atoms with Crippen molar-refractivity contribution in [2.75, 3.05) is 6.61 Å². The van der Waals surface area contributed by atoms with Crippen molar-refractivity contribution in [3.8, 4) is 0 Å². The van der Waals surface area contributed by atoms with Crippen LogP contribution in [-0.4, -0.2) is 31.5 Å². The summed E-state index contributed by atoms with van der Waals surface area (Å²) in [5.74, 6) is -0.999. The molecule has 1 amide bonds. The number of nitrogens with two attached hydrogens (primary N) is 1. The van der Waals surface area contributed by atoms with Gasteiger partial charge >= 0.3 is 5.97 Å². The number of benzene rings is 2. The van der Waals surface area contributed by atoms with E-state index in [1.165, 1.54) is 22.8 Å². The zero-order chi connectivity index (χ0) is 21.2. The van der Waals surface area contributed by atoms with Gasteiger partial charge in [-0.2, -0.15) is 4.99 Å². The van der Waals surface area contributed by atoms with E-state index in [9.17, 15) is 18.0 Å². The molecule has 0 atom stereocenters. The van der Waals surface area contributed by atoms with Gasteiger partial charge in [-0.1, -0.05) is 33.3 Å². The Balaban J connectivity index is 2.17. The van der Waals surface area contributed by atoms with Crippen molar-refractivity contribution < 1.29 is 22.7 Å². The molecule has 3 aromatic rings. The quantitative estimate of drug-likeness (QED) is 0.542. The summed E-state index contributed by atoms with van der Waals surface area (Å²) in [6, 6.07) is 11.0. The molecule has 0 fully saturated rings. The first-order chi connectivity index (χ1) is 13.7. The van der Waals surface area contributed by atoms with Crippen molar-refractivity contribution in [3.63, 3.8) is 0 Å². The molecule has 0 spiro atoms. The Morgan fingerprint density at radius 1 is 1.24 bits per heavy atom. The first-order valence-corrected chi connectivity index (χ1v) is 11.5. The molecule has 2 N–H and O–H groups in total. The van der Waals surface area contributed by atoms with Gasteiger partial charge in [-0.3, -0.25) is 9.59 Å². The van der Waals surface area contributed by atoms with E-state index in [4.69, 9.17) is 9.88 Å². The van der Waals surface area contributed by atoms with E-state index in [-0.39, 0.29) is 22.8 Å². The van der Waals surface area contributed by atoms with Crippen molar-refractivity contribution >= 4 is 59.4 Å². The molecule has 1 heterocycles. The number of fused-ring (bicyclic) bond motifs is 1. The highest BCUT2D eigenvalue weighted by Gasteiger charge is 2.16. The van der Waals surface area contributed by atoms with E-state index in [1.807, 2.05) is 0 Å². The van der Waals surface area contributed by atoms with Crippen LogP contribution in [-0.2, 0) is 26.1 Å². The molecule has 0 saturated heterocycles. The second-order valence-corrected chi connectivity index (χ2v) is 9.36. The minimum Gasteiger partial charge on any atom is -0.465 e. The molecule has 1 aromatic heterocycles. The first kappa shape index (κ1) is 21.4. The van der Waals surface area contributed by atoms with E-state index in [0.29, 0.717) is 15.8 Å². The predicted molar refractivity (Wildman–Crippen MR) is 112 cm³/mol. The normalized spacial score (nSPS) is 12.3. The molecule has 0 saturated carbocycles. The summed E-state index contributed by atoms with van der Waals surface area (Å²) < 4.78 is 31.0. The van der Waals surface area contributed by atoms with Gasteiger partial charge in [-0.05, 0) is 43.3 Å². The summed E-state index contributed by atoms with van der Waals surface area (Å²) in [6.07, 6.45) is 0. The van der Waals surface area contributed by atoms with Gasteiger partial charge in [-0.25, -0.2) is 13.6 Å². The zero-order valence-corrected chi connectivity index (χ0v) is 18.4. The van der Waals surface area contributed by atoms with Crippen LogP contribution in [0.5, 0.6) is 0 Å². The molecule has 11 heteroatoms. The lowest BCUT2D eigenvalue weighted by Gasteiger charge is -2.05. The summed E-state index contributed by atoms with van der Waals surface area (Å²) in [5.41, 5.74) is 0.904. The van der Waals surface area contributed by atoms with Crippen LogP contribution in [0.1, 0.15) is 17.3 Å². The van der Waals surface area contributed by atoms with Crippen LogP contribution < -0.4 is 9.94 Å². The fraction of sp³-hybridized carbons (Fsp3) is 0.167. The Labute approximate surface area is 178 Å². The zero-order valence-electron chi connectivity index (χ0n) is 15.2. The number of primary sulfonamides is 1. The van der Waals surface area contributed by atoms with Gasteiger partial charge in [-0.15, -0.1) is 0 Å². The number of halogens is 1. The lowest BCUT2D eigenvalue weighted by Crippen LogP contribution is -2.23. The molecule has 3 rings (SSSR count). The van der Waals surface area contributed by atoms with Crippen molar-refractivity contribution in [2.45, 2.75) is 18.4 Å². The molecule has 0 aliphatic rings. The molecule has 0 radical (unpaired) electrons. The van der Waals surface area contributed by atoms with Crippen molar-refractivity contribution in [3.05, 3.63) is 57.3 Å². The van der Waals surface area contributed by atoms with Gasteiger partial charge in [0.05, 0.1) is 21.7 Å². The molecule has 0 aliphatic heterocycles. The third-order valence-electron chi connectivity index (χ3n) is 3.84. The second kappa shape index (κ2) is 8.57. The summed E-state index contributed by atoms with van der Waals surface area (Å²) >= 11 is 4.39. The number of thiazole rings is 1. The molecular formula is C18H16BrN3O5S2. The van der Waals surface area contributed by atoms with E-state index < -0.39 is 21.9 Å². The maximum Gasteiger partial charge on any atom is 0.326 e. The minimum absolute atomic E-state index is 0.0700. The Morgan fingerprint density at radius 3 is 2.66 bits per heavy atom. The highest BCUT2D eigenvalue weighted by atomic mass is 79.9. The predicted octanol–water partition coefficient (Wildman–Crippen LogP) is 2.42. The van der Waals surface area contributed by atoms with Crippen LogP contribution in [0.3, 0.4) is 0 Å². The standard InChI is InChI=1S/C18H16BrN3O5S2/c1-2-27-16(23)10-22-14-7-6-13(29(20,25)26)9-15(14)28-18(22)21-17(24)11-4-3-5-12(19)8-11/h3-9H,2,10H2,1H3,(H2,20,25,26). The van der Waals surface area contributed by atoms with Crippen LogP contribution >= 0.6 is 27.3 Å². The smallest absolute Gasteiger partial charge is 0.326 e. The molecule has 0 aliphatic carbocycles. The number of ether oxygens (including phenoxy) is 1. The average molecular weight is 498 g/mol. The molecular weight excluding hydrogens is 482 g/mol. The number of hydrogen-bond acceptors (Lipinski definition) is 6. The maximum absolute atomic E-state index is 12.6. The summed E-state index contributed by atoms with van der Waals surface area (Å²) in [7, 11) is -3.90. The lowest BCUT2D eigenvalue weighted by atomic mass is 10.2. The third-order valence-corrected chi connectivity index (χ3v) is 6.29. The van der Waals surface area contributed by atoms with Gasteiger partial charge in [0.25, 0.3) is 5.91 Å². The number of aromatic nitrogens is 1. The summed E-state index contributed by atoms with van der Waals surface area (Å²) in [4.78, 5) is 29.0. The fourth-order valence-corrected chi connectivity index (χ4v) is 4.66. The number of esters is 1. The Bertz CT molecular complexity index is 1280. The SMILES string of the molecule is CCOC(=O)Cn1c(=NC(=O)c2cccc(Br)c2)sc2cc(S(N)(=O)=O)ccc21. The molecule has 152 valence electrons.